The van der Waals surface area contributed by atoms with Crippen LogP contribution in [0, 0.1) is 0 Å². The normalized spacial score (nSPS) is 14.0. The lowest BCUT2D eigenvalue weighted by Crippen LogP contribution is -2.26. The van der Waals surface area contributed by atoms with Gasteiger partial charge >= 0.3 is 15.6 Å². The van der Waals surface area contributed by atoms with E-state index in [1.807, 2.05) is 0 Å². The molecule has 25 heavy (non-hydrogen) atoms. The fourth-order valence-electron chi connectivity index (χ4n) is 1.42. The van der Waals surface area contributed by atoms with Crippen molar-refractivity contribution in [2.24, 2.45) is 0 Å². The van der Waals surface area contributed by atoms with Crippen LogP contribution < -0.4 is 0 Å². The summed E-state index contributed by atoms with van der Waals surface area (Å²) in [6.07, 6.45) is 2.89. The fraction of sp³-hybridized carbons (Fsp3) is 0.667. The molecule has 0 saturated carbocycles. The maximum Gasteiger partial charge on any atom is 0.523 e. The van der Waals surface area contributed by atoms with Gasteiger partial charge in [-0.15, -0.1) is 17.5 Å². The maximum atomic E-state index is 12.3. The van der Waals surface area contributed by atoms with Crippen LogP contribution in [0.25, 0.3) is 0 Å². The minimum Gasteiger partial charge on any atom is -0.378 e. The van der Waals surface area contributed by atoms with E-state index in [1.165, 1.54) is 23.9 Å². The summed E-state index contributed by atoms with van der Waals surface area (Å²) in [4.78, 5) is 0. The molecular weight excluding hydrogens is 397 g/mol. The number of thioether (sulfide) groups is 2. The Morgan fingerprint density at radius 1 is 1.28 bits per heavy atom. The Balaban J connectivity index is 5.00. The number of halogens is 3. The summed E-state index contributed by atoms with van der Waals surface area (Å²) in [6, 6.07) is 0. The number of alkyl halides is 3. The van der Waals surface area contributed by atoms with E-state index < -0.39 is 27.7 Å². The number of aliphatic hydroxyl groups excluding tert-OH is 1. The molecule has 0 amide bonds. The number of hydrogen-bond acceptors (Lipinski definition) is 6. The second-order valence-electron chi connectivity index (χ2n) is 5.14. The zero-order valence-electron chi connectivity index (χ0n) is 14.5. The fourth-order valence-corrected chi connectivity index (χ4v) is 3.61. The zero-order chi connectivity index (χ0) is 19.7. The molecule has 4 nitrogen and oxygen atoms in total. The zero-order valence-corrected chi connectivity index (χ0v) is 16.9. The summed E-state index contributed by atoms with van der Waals surface area (Å²) in [7, 11) is -5.67. The summed E-state index contributed by atoms with van der Waals surface area (Å²) in [5.41, 5.74) is -3.19. The van der Waals surface area contributed by atoms with E-state index in [1.54, 1.807) is 25.6 Å². The topological polar surface area (TPSA) is 63.6 Å². The highest BCUT2D eigenvalue weighted by molar-refractivity contribution is 8.03. The minimum absolute atomic E-state index is 0.0871. The molecule has 0 fully saturated rings. The SMILES string of the molecule is C/C=C/C(=C=C(C)[C@H](O)SCCSC(C)C)COS(=O)(=O)C(F)(F)F. The van der Waals surface area contributed by atoms with Crippen molar-refractivity contribution in [3.63, 3.8) is 0 Å². The average molecular weight is 421 g/mol. The van der Waals surface area contributed by atoms with Gasteiger partial charge in [0.25, 0.3) is 0 Å². The third kappa shape index (κ3) is 10.4. The van der Waals surface area contributed by atoms with Gasteiger partial charge in [-0.2, -0.15) is 33.4 Å². The summed E-state index contributed by atoms with van der Waals surface area (Å²) in [5, 5.41) is 10.5. The van der Waals surface area contributed by atoms with Gasteiger partial charge in [0.15, 0.2) is 0 Å². The van der Waals surface area contributed by atoms with Crippen LogP contribution in [0.15, 0.2) is 29.0 Å². The molecule has 10 heteroatoms. The Morgan fingerprint density at radius 2 is 1.84 bits per heavy atom. The Hall–Kier alpha value is -0.380. The van der Waals surface area contributed by atoms with Crippen molar-refractivity contribution in [1.29, 1.82) is 0 Å². The number of hydrogen-bond donors (Lipinski definition) is 1. The molecule has 1 N–H and O–H groups in total. The van der Waals surface area contributed by atoms with E-state index in [0.29, 0.717) is 16.6 Å². The van der Waals surface area contributed by atoms with Crippen molar-refractivity contribution in [3.05, 3.63) is 29.0 Å². The monoisotopic (exact) mass is 420 g/mol. The molecule has 0 spiro atoms. The van der Waals surface area contributed by atoms with E-state index in [0.717, 1.165) is 5.75 Å². The Bertz CT molecular complexity index is 604. The molecule has 0 rings (SSSR count). The van der Waals surface area contributed by atoms with Gasteiger partial charge in [-0.3, -0.25) is 4.18 Å². The number of aliphatic hydroxyl groups is 1. The van der Waals surface area contributed by atoms with Crippen LogP contribution in [-0.4, -0.2) is 47.8 Å². The van der Waals surface area contributed by atoms with Crippen molar-refractivity contribution in [3.8, 4) is 0 Å². The Labute approximate surface area is 155 Å². The molecule has 0 aromatic carbocycles. The minimum atomic E-state index is -5.67. The van der Waals surface area contributed by atoms with E-state index in [4.69, 9.17) is 0 Å². The molecule has 0 heterocycles. The first kappa shape index (κ1) is 24.6. The first-order chi connectivity index (χ1) is 11.4. The predicted octanol–water partition coefficient (Wildman–Crippen LogP) is 4.09. The number of rotatable bonds is 10. The van der Waals surface area contributed by atoms with E-state index in [9.17, 15) is 26.7 Å². The van der Waals surface area contributed by atoms with Gasteiger partial charge in [-0.25, -0.2) is 0 Å². The lowest BCUT2D eigenvalue weighted by molar-refractivity contribution is -0.0536. The van der Waals surface area contributed by atoms with Gasteiger partial charge in [0.2, 0.25) is 0 Å². The second-order valence-corrected chi connectivity index (χ2v) is 9.62. The first-order valence-corrected chi connectivity index (χ1v) is 10.9. The molecule has 0 aromatic heterocycles. The van der Waals surface area contributed by atoms with E-state index >= 15 is 0 Å². The summed E-state index contributed by atoms with van der Waals surface area (Å²) in [5.74, 6) is 1.55. The molecule has 0 unspecified atom stereocenters. The maximum absolute atomic E-state index is 12.3. The van der Waals surface area contributed by atoms with Crippen LogP contribution in [0.5, 0.6) is 0 Å². The molecule has 1 atom stereocenters. The van der Waals surface area contributed by atoms with Crippen LogP contribution in [-0.2, 0) is 14.3 Å². The molecular formula is C15H23F3O4S3. The highest BCUT2D eigenvalue weighted by Crippen LogP contribution is 2.25. The molecule has 0 radical (unpaired) electrons. The molecule has 0 bridgehead atoms. The van der Waals surface area contributed by atoms with Gasteiger partial charge < -0.3 is 5.11 Å². The second kappa shape index (κ2) is 11.4. The molecule has 0 aliphatic heterocycles. The molecule has 0 saturated heterocycles. The first-order valence-electron chi connectivity index (χ1n) is 7.36. The van der Waals surface area contributed by atoms with Crippen molar-refractivity contribution >= 4 is 33.6 Å². The highest BCUT2D eigenvalue weighted by Gasteiger charge is 2.47. The van der Waals surface area contributed by atoms with E-state index in [2.05, 4.69) is 23.8 Å². The van der Waals surface area contributed by atoms with Gasteiger partial charge in [0, 0.05) is 22.7 Å². The quantitative estimate of drug-likeness (QED) is 0.143. The smallest absolute Gasteiger partial charge is 0.378 e. The highest BCUT2D eigenvalue weighted by atomic mass is 32.2. The lowest BCUT2D eigenvalue weighted by Gasteiger charge is -2.11. The summed E-state index contributed by atoms with van der Waals surface area (Å²) in [6.45, 7) is 6.50. The molecule has 0 aliphatic rings. The van der Waals surface area contributed by atoms with Crippen LogP contribution in [0.2, 0.25) is 0 Å². The van der Waals surface area contributed by atoms with Crippen LogP contribution >= 0.6 is 23.5 Å². The van der Waals surface area contributed by atoms with Crippen LogP contribution in [0.1, 0.15) is 27.7 Å². The third-order valence-electron chi connectivity index (χ3n) is 2.56. The average Bonchev–Trinajstić information content (AvgIpc) is 2.47. The Kier molecular flexibility index (Phi) is 11.2. The standard InChI is InChI=1S/C15H23F3O4S3/c1-5-6-13(10-22-25(20,21)15(16,17)18)9-12(4)14(19)24-8-7-23-11(2)3/h5-6,11,14,19H,7-8,10H2,1-4H3/b6-5+/t9?,14-/m1/s1. The van der Waals surface area contributed by atoms with Gasteiger partial charge in [-0.1, -0.05) is 26.0 Å². The van der Waals surface area contributed by atoms with Gasteiger partial charge in [0.05, 0.1) is 6.61 Å². The van der Waals surface area contributed by atoms with Gasteiger partial charge in [-0.05, 0) is 19.1 Å². The van der Waals surface area contributed by atoms with Gasteiger partial charge in [0.1, 0.15) is 5.44 Å². The lowest BCUT2D eigenvalue weighted by atomic mass is 10.2. The Morgan fingerprint density at radius 3 is 2.32 bits per heavy atom. The molecule has 0 aliphatic carbocycles. The van der Waals surface area contributed by atoms with Crippen LogP contribution in [0.4, 0.5) is 13.2 Å². The number of allylic oxidation sites excluding steroid dienone is 1. The van der Waals surface area contributed by atoms with Crippen LogP contribution in [0.3, 0.4) is 0 Å². The third-order valence-corrected chi connectivity index (χ3v) is 6.03. The summed E-state index contributed by atoms with van der Waals surface area (Å²) >= 11 is 3.02. The van der Waals surface area contributed by atoms with E-state index in [-0.39, 0.29) is 5.57 Å². The van der Waals surface area contributed by atoms with Crippen molar-refractivity contribution < 1.29 is 30.9 Å². The molecule has 0 aromatic rings. The largest absolute Gasteiger partial charge is 0.523 e. The molecule has 146 valence electrons. The van der Waals surface area contributed by atoms with Crippen molar-refractivity contribution in [2.75, 3.05) is 18.1 Å². The van der Waals surface area contributed by atoms with Crippen molar-refractivity contribution in [1.82, 2.24) is 0 Å². The van der Waals surface area contributed by atoms with Crippen molar-refractivity contribution in [2.45, 2.75) is 43.9 Å². The summed E-state index contributed by atoms with van der Waals surface area (Å²) < 4.78 is 62.7. The predicted molar refractivity (Wildman–Crippen MR) is 98.0 cm³/mol.